The van der Waals surface area contributed by atoms with Crippen LogP contribution in [0, 0.1) is 13.8 Å². The molecule has 1 aromatic heterocycles. The summed E-state index contributed by atoms with van der Waals surface area (Å²) in [6.45, 7) is 2.83. The number of hydrogen-bond donors (Lipinski definition) is 3. The monoisotopic (exact) mass is 283 g/mol. The zero-order valence-corrected chi connectivity index (χ0v) is 11.5. The van der Waals surface area contributed by atoms with Crippen LogP contribution in [0.4, 0.5) is 0 Å². The number of nitrogens with zero attached hydrogens (tertiary/aromatic N) is 2. The van der Waals surface area contributed by atoms with E-state index in [1.807, 2.05) is 0 Å². The van der Waals surface area contributed by atoms with Gasteiger partial charge in [-0.1, -0.05) is 0 Å². The van der Waals surface area contributed by atoms with E-state index in [9.17, 15) is 14.4 Å². The number of carboxylic acid groups (broad SMARTS) is 1. The van der Waals surface area contributed by atoms with Gasteiger partial charge < -0.3 is 15.5 Å². The van der Waals surface area contributed by atoms with Crippen LogP contribution in [0.1, 0.15) is 28.0 Å². The lowest BCUT2D eigenvalue weighted by atomic mass is 10.1. The lowest BCUT2D eigenvalue weighted by molar-refractivity contribution is -0.139. The summed E-state index contributed by atoms with van der Waals surface area (Å²) in [6, 6.07) is -1.25. The predicted octanol–water partition coefficient (Wildman–Crippen LogP) is -1.04. The second-order valence-corrected chi connectivity index (χ2v) is 4.39. The van der Waals surface area contributed by atoms with Crippen molar-refractivity contribution in [2.45, 2.75) is 26.3 Å². The quantitative estimate of drug-likeness (QED) is 0.634. The zero-order chi connectivity index (χ0) is 15.4. The number of rotatable bonds is 5. The van der Waals surface area contributed by atoms with E-state index in [1.165, 1.54) is 7.05 Å². The van der Waals surface area contributed by atoms with Crippen LogP contribution in [0.2, 0.25) is 0 Å². The SMILES string of the molecule is Cc1nn(C)c(=O)c(C(=O)N[C@@H](CCO)C(=O)O)c1C. The van der Waals surface area contributed by atoms with Crippen LogP contribution in [0.15, 0.2) is 4.79 Å². The number of aliphatic carboxylic acids is 1. The average molecular weight is 283 g/mol. The predicted molar refractivity (Wildman–Crippen MR) is 69.5 cm³/mol. The Morgan fingerprint density at radius 1 is 1.40 bits per heavy atom. The van der Waals surface area contributed by atoms with Gasteiger partial charge >= 0.3 is 5.97 Å². The van der Waals surface area contributed by atoms with E-state index < -0.39 is 23.5 Å². The van der Waals surface area contributed by atoms with Crippen molar-refractivity contribution >= 4 is 11.9 Å². The van der Waals surface area contributed by atoms with Gasteiger partial charge in [-0.15, -0.1) is 0 Å². The van der Waals surface area contributed by atoms with E-state index in [2.05, 4.69) is 10.4 Å². The van der Waals surface area contributed by atoms with Gasteiger partial charge in [-0.3, -0.25) is 9.59 Å². The first-order valence-electron chi connectivity index (χ1n) is 5.98. The van der Waals surface area contributed by atoms with Crippen molar-refractivity contribution in [3.8, 4) is 0 Å². The molecule has 0 radical (unpaired) electrons. The Kier molecular flexibility index (Phi) is 4.98. The number of aliphatic hydroxyl groups is 1. The minimum absolute atomic E-state index is 0.134. The summed E-state index contributed by atoms with van der Waals surface area (Å²) in [6.07, 6.45) is -0.134. The Morgan fingerprint density at radius 3 is 2.50 bits per heavy atom. The average Bonchev–Trinajstić information content (AvgIpc) is 2.36. The highest BCUT2D eigenvalue weighted by atomic mass is 16.4. The van der Waals surface area contributed by atoms with Gasteiger partial charge in [-0.05, 0) is 19.4 Å². The highest BCUT2D eigenvalue weighted by Gasteiger charge is 2.24. The van der Waals surface area contributed by atoms with Crippen LogP contribution in [-0.2, 0) is 11.8 Å². The summed E-state index contributed by atoms with van der Waals surface area (Å²) in [7, 11) is 1.41. The number of carboxylic acids is 1. The number of hydrogen-bond acceptors (Lipinski definition) is 5. The first kappa shape index (κ1) is 15.8. The second-order valence-electron chi connectivity index (χ2n) is 4.39. The van der Waals surface area contributed by atoms with Crippen molar-refractivity contribution in [1.82, 2.24) is 15.1 Å². The fraction of sp³-hybridized carbons (Fsp3) is 0.500. The molecule has 0 saturated carbocycles. The first-order chi connectivity index (χ1) is 9.29. The summed E-state index contributed by atoms with van der Waals surface area (Å²) in [4.78, 5) is 35.0. The van der Waals surface area contributed by atoms with Crippen LogP contribution in [0.3, 0.4) is 0 Å². The molecule has 110 valence electrons. The number of carbonyl (C=O) groups is 2. The molecule has 0 bridgehead atoms. The number of nitrogens with one attached hydrogen (secondary N) is 1. The molecule has 0 aromatic carbocycles. The molecule has 1 aromatic rings. The standard InChI is InChI=1S/C12H17N3O5/c1-6-7(2)14-15(3)11(18)9(6)10(17)13-8(4-5-16)12(19)20/h8,16H,4-5H2,1-3H3,(H,13,17)(H,19,20)/t8-/m0/s1. The Morgan fingerprint density at radius 2 is 2.00 bits per heavy atom. The molecule has 0 fully saturated rings. The third kappa shape index (κ3) is 3.21. The van der Waals surface area contributed by atoms with E-state index in [-0.39, 0.29) is 18.6 Å². The minimum Gasteiger partial charge on any atom is -0.480 e. The molecular formula is C12H17N3O5. The molecule has 0 saturated heterocycles. The van der Waals surface area contributed by atoms with E-state index in [1.54, 1.807) is 13.8 Å². The van der Waals surface area contributed by atoms with Crippen LogP contribution < -0.4 is 10.9 Å². The maximum absolute atomic E-state index is 12.1. The molecule has 0 unspecified atom stereocenters. The molecular weight excluding hydrogens is 266 g/mol. The number of aryl methyl sites for hydroxylation is 2. The fourth-order valence-electron chi connectivity index (χ4n) is 1.73. The molecule has 1 rings (SSSR count). The van der Waals surface area contributed by atoms with Crippen molar-refractivity contribution in [2.75, 3.05) is 6.61 Å². The highest BCUT2D eigenvalue weighted by Crippen LogP contribution is 2.06. The van der Waals surface area contributed by atoms with Crippen molar-refractivity contribution in [1.29, 1.82) is 0 Å². The Bertz CT molecular complexity index is 593. The van der Waals surface area contributed by atoms with Gasteiger partial charge in [0, 0.05) is 20.1 Å². The van der Waals surface area contributed by atoms with Gasteiger partial charge in [0.25, 0.3) is 11.5 Å². The third-order valence-electron chi connectivity index (χ3n) is 2.97. The van der Waals surface area contributed by atoms with Gasteiger partial charge in [0.1, 0.15) is 11.6 Å². The molecule has 0 aliphatic carbocycles. The zero-order valence-electron chi connectivity index (χ0n) is 11.5. The number of amides is 1. The Balaban J connectivity index is 3.16. The van der Waals surface area contributed by atoms with E-state index in [4.69, 9.17) is 10.2 Å². The Labute approximate surface area is 115 Å². The number of aliphatic hydroxyl groups excluding tert-OH is 1. The first-order valence-corrected chi connectivity index (χ1v) is 5.98. The summed E-state index contributed by atoms with van der Waals surface area (Å²) in [5.74, 6) is -2.05. The molecule has 3 N–H and O–H groups in total. The number of aromatic nitrogens is 2. The van der Waals surface area contributed by atoms with Gasteiger partial charge in [-0.2, -0.15) is 5.10 Å². The van der Waals surface area contributed by atoms with Crippen molar-refractivity contribution in [3.05, 3.63) is 27.2 Å². The molecule has 8 heteroatoms. The fourth-order valence-corrected chi connectivity index (χ4v) is 1.73. The van der Waals surface area contributed by atoms with Crippen LogP contribution in [-0.4, -0.2) is 44.5 Å². The number of carbonyl (C=O) groups excluding carboxylic acids is 1. The molecule has 0 aliphatic heterocycles. The van der Waals surface area contributed by atoms with Crippen molar-refractivity contribution in [3.63, 3.8) is 0 Å². The van der Waals surface area contributed by atoms with Crippen LogP contribution in [0.5, 0.6) is 0 Å². The van der Waals surface area contributed by atoms with E-state index >= 15 is 0 Å². The molecule has 8 nitrogen and oxygen atoms in total. The molecule has 1 amide bonds. The molecule has 0 spiro atoms. The largest absolute Gasteiger partial charge is 0.480 e. The lowest BCUT2D eigenvalue weighted by Crippen LogP contribution is -2.44. The van der Waals surface area contributed by atoms with Crippen LogP contribution >= 0.6 is 0 Å². The second kappa shape index (κ2) is 6.29. The Hall–Kier alpha value is -2.22. The van der Waals surface area contributed by atoms with E-state index in [0.29, 0.717) is 11.3 Å². The molecule has 0 aliphatic rings. The van der Waals surface area contributed by atoms with Gasteiger partial charge in [0.15, 0.2) is 0 Å². The van der Waals surface area contributed by atoms with Crippen LogP contribution in [0.25, 0.3) is 0 Å². The van der Waals surface area contributed by atoms with Gasteiger partial charge in [0.2, 0.25) is 0 Å². The van der Waals surface area contributed by atoms with Crippen molar-refractivity contribution < 1.29 is 19.8 Å². The summed E-state index contributed by atoms with van der Waals surface area (Å²) < 4.78 is 1.03. The third-order valence-corrected chi connectivity index (χ3v) is 2.97. The summed E-state index contributed by atoms with van der Waals surface area (Å²) in [5, 5.41) is 23.9. The minimum atomic E-state index is -1.27. The smallest absolute Gasteiger partial charge is 0.326 e. The topological polar surface area (TPSA) is 122 Å². The highest BCUT2D eigenvalue weighted by molar-refractivity contribution is 5.97. The van der Waals surface area contributed by atoms with Gasteiger partial charge in [0.05, 0.1) is 5.69 Å². The summed E-state index contributed by atoms with van der Waals surface area (Å²) >= 11 is 0. The normalized spacial score (nSPS) is 12.0. The maximum Gasteiger partial charge on any atom is 0.326 e. The molecule has 20 heavy (non-hydrogen) atoms. The van der Waals surface area contributed by atoms with Crippen molar-refractivity contribution in [2.24, 2.45) is 7.05 Å². The van der Waals surface area contributed by atoms with E-state index in [0.717, 1.165) is 4.68 Å². The lowest BCUT2D eigenvalue weighted by Gasteiger charge is -2.15. The maximum atomic E-state index is 12.1. The molecule has 1 heterocycles. The molecule has 1 atom stereocenters. The van der Waals surface area contributed by atoms with Gasteiger partial charge in [-0.25, -0.2) is 9.48 Å². The summed E-state index contributed by atoms with van der Waals surface area (Å²) in [5.41, 5.74) is 0.174.